The van der Waals surface area contributed by atoms with E-state index in [1.807, 2.05) is 0 Å². The number of benzene rings is 2. The predicted octanol–water partition coefficient (Wildman–Crippen LogP) is 1.91. The van der Waals surface area contributed by atoms with Crippen LogP contribution in [-0.2, 0) is 4.79 Å². The van der Waals surface area contributed by atoms with Crippen molar-refractivity contribution >= 4 is 23.5 Å². The van der Waals surface area contributed by atoms with E-state index < -0.39 is 11.8 Å². The summed E-state index contributed by atoms with van der Waals surface area (Å²) in [5.41, 5.74) is 1.83. The van der Waals surface area contributed by atoms with E-state index in [2.05, 4.69) is 5.32 Å². The molecule has 0 bridgehead atoms. The number of phenolic OH excluding ortho intramolecular Hbond substituents is 2. The molecule has 3 rings (SSSR count). The first-order valence-electron chi connectivity index (χ1n) is 6.25. The van der Waals surface area contributed by atoms with Crippen LogP contribution < -0.4 is 5.32 Å². The summed E-state index contributed by atoms with van der Waals surface area (Å²) in [5, 5.41) is 21.1. The van der Waals surface area contributed by atoms with Gasteiger partial charge in [-0.25, -0.2) is 0 Å². The molecule has 0 aromatic heterocycles. The molecular weight excluding hydrogens is 270 g/mol. The van der Waals surface area contributed by atoms with Gasteiger partial charge in [-0.1, -0.05) is 24.3 Å². The Morgan fingerprint density at radius 2 is 1.57 bits per heavy atom. The fourth-order valence-electron chi connectivity index (χ4n) is 2.22. The molecule has 0 saturated heterocycles. The minimum absolute atomic E-state index is 0.235. The van der Waals surface area contributed by atoms with Gasteiger partial charge in [0.15, 0.2) is 11.5 Å². The van der Waals surface area contributed by atoms with Crippen molar-refractivity contribution in [3.63, 3.8) is 0 Å². The molecule has 0 radical (unpaired) electrons. The van der Waals surface area contributed by atoms with Crippen LogP contribution in [0.1, 0.15) is 21.5 Å². The molecular formula is C16H11NO4. The highest BCUT2D eigenvalue weighted by atomic mass is 16.3. The molecule has 2 amide bonds. The molecule has 1 aliphatic rings. The third kappa shape index (κ3) is 2.25. The maximum atomic E-state index is 12.0. The number of carbonyl (C=O) groups is 2. The zero-order valence-electron chi connectivity index (χ0n) is 10.8. The van der Waals surface area contributed by atoms with Crippen molar-refractivity contribution < 1.29 is 19.8 Å². The van der Waals surface area contributed by atoms with Crippen LogP contribution in [0.25, 0.3) is 11.6 Å². The van der Waals surface area contributed by atoms with E-state index in [-0.39, 0.29) is 11.5 Å². The average molecular weight is 281 g/mol. The van der Waals surface area contributed by atoms with Gasteiger partial charge < -0.3 is 10.2 Å². The summed E-state index contributed by atoms with van der Waals surface area (Å²) in [6, 6.07) is 11.0. The van der Waals surface area contributed by atoms with Gasteiger partial charge in [0, 0.05) is 11.1 Å². The van der Waals surface area contributed by atoms with E-state index >= 15 is 0 Å². The number of hydrogen-bond donors (Lipinski definition) is 3. The molecule has 0 atom stereocenters. The van der Waals surface area contributed by atoms with Crippen LogP contribution in [0.2, 0.25) is 0 Å². The minimum atomic E-state index is -0.494. The maximum Gasteiger partial charge on any atom is 0.258 e. The van der Waals surface area contributed by atoms with Crippen LogP contribution in [0.3, 0.4) is 0 Å². The molecule has 21 heavy (non-hydrogen) atoms. The van der Waals surface area contributed by atoms with E-state index in [4.69, 9.17) is 0 Å². The summed E-state index contributed by atoms with van der Waals surface area (Å²) in [6.07, 6.45) is 1.56. The van der Waals surface area contributed by atoms with E-state index in [0.717, 1.165) is 0 Å². The van der Waals surface area contributed by atoms with Gasteiger partial charge in [0.2, 0.25) is 0 Å². The van der Waals surface area contributed by atoms with Crippen molar-refractivity contribution in [3.8, 4) is 11.5 Å². The number of imide groups is 1. The first-order chi connectivity index (χ1) is 10.1. The fourth-order valence-corrected chi connectivity index (χ4v) is 2.22. The number of fused-ring (bicyclic) bond motifs is 1. The Kier molecular flexibility index (Phi) is 2.95. The Bertz CT molecular complexity index is 793. The van der Waals surface area contributed by atoms with Gasteiger partial charge in [-0.3, -0.25) is 14.9 Å². The van der Waals surface area contributed by atoms with E-state index in [0.29, 0.717) is 22.3 Å². The summed E-state index contributed by atoms with van der Waals surface area (Å²) in [7, 11) is 0. The molecule has 2 aromatic carbocycles. The Labute approximate surface area is 120 Å². The molecule has 104 valence electrons. The lowest BCUT2D eigenvalue weighted by Gasteiger charge is -2.18. The number of nitrogens with one attached hydrogen (secondary N) is 1. The highest BCUT2D eigenvalue weighted by Crippen LogP contribution is 2.29. The molecule has 1 heterocycles. The highest BCUT2D eigenvalue weighted by molar-refractivity contribution is 6.33. The smallest absolute Gasteiger partial charge is 0.258 e. The normalized spacial score (nSPS) is 15.7. The average Bonchev–Trinajstić information content (AvgIpc) is 2.47. The lowest BCUT2D eigenvalue weighted by atomic mass is 9.93. The van der Waals surface area contributed by atoms with Crippen molar-refractivity contribution in [2.75, 3.05) is 0 Å². The van der Waals surface area contributed by atoms with Crippen LogP contribution in [0.15, 0.2) is 42.5 Å². The third-order valence-corrected chi connectivity index (χ3v) is 3.24. The number of aromatic hydroxyl groups is 2. The zero-order chi connectivity index (χ0) is 15.0. The Balaban J connectivity index is 2.14. The molecule has 2 aromatic rings. The Morgan fingerprint density at radius 1 is 0.857 bits per heavy atom. The summed E-state index contributed by atoms with van der Waals surface area (Å²) >= 11 is 0. The van der Waals surface area contributed by atoms with Crippen molar-refractivity contribution in [1.82, 2.24) is 5.32 Å². The number of hydrogen-bond acceptors (Lipinski definition) is 4. The summed E-state index contributed by atoms with van der Waals surface area (Å²) < 4.78 is 0. The number of carbonyl (C=O) groups excluding carboxylic acids is 2. The highest BCUT2D eigenvalue weighted by Gasteiger charge is 2.26. The van der Waals surface area contributed by atoms with E-state index in [1.54, 1.807) is 36.4 Å². The van der Waals surface area contributed by atoms with E-state index in [9.17, 15) is 19.8 Å². The Morgan fingerprint density at radius 3 is 2.29 bits per heavy atom. The molecule has 3 N–H and O–H groups in total. The first kappa shape index (κ1) is 12.9. The molecule has 0 unspecified atom stereocenters. The van der Waals surface area contributed by atoms with E-state index in [1.165, 1.54) is 12.1 Å². The second kappa shape index (κ2) is 4.79. The first-order valence-corrected chi connectivity index (χ1v) is 6.25. The quantitative estimate of drug-likeness (QED) is 0.423. The topological polar surface area (TPSA) is 86.6 Å². The zero-order valence-corrected chi connectivity index (χ0v) is 10.8. The third-order valence-electron chi connectivity index (χ3n) is 3.24. The fraction of sp³-hybridized carbons (Fsp3) is 0. The van der Waals surface area contributed by atoms with Gasteiger partial charge in [-0.2, -0.15) is 0 Å². The summed E-state index contributed by atoms with van der Waals surface area (Å²) in [4.78, 5) is 23.8. The molecule has 5 heteroatoms. The van der Waals surface area contributed by atoms with Crippen molar-refractivity contribution in [3.05, 3.63) is 59.2 Å². The molecule has 0 saturated carbocycles. The summed E-state index contributed by atoms with van der Waals surface area (Å²) in [5.74, 6) is -1.43. The lowest BCUT2D eigenvalue weighted by Crippen LogP contribution is -2.36. The van der Waals surface area contributed by atoms with Gasteiger partial charge in [-0.15, -0.1) is 0 Å². The van der Waals surface area contributed by atoms with Crippen molar-refractivity contribution in [2.24, 2.45) is 0 Å². The van der Waals surface area contributed by atoms with Gasteiger partial charge in [0.1, 0.15) is 0 Å². The molecule has 0 fully saturated rings. The second-order valence-corrected chi connectivity index (χ2v) is 4.63. The maximum absolute atomic E-state index is 12.0. The summed E-state index contributed by atoms with van der Waals surface area (Å²) in [6.45, 7) is 0. The minimum Gasteiger partial charge on any atom is -0.504 e. The van der Waals surface area contributed by atoms with Crippen molar-refractivity contribution in [2.45, 2.75) is 0 Å². The van der Waals surface area contributed by atoms with Crippen LogP contribution in [0.4, 0.5) is 0 Å². The molecule has 1 aliphatic heterocycles. The Hall–Kier alpha value is -3.08. The van der Waals surface area contributed by atoms with Crippen LogP contribution in [0, 0.1) is 0 Å². The molecule has 5 nitrogen and oxygen atoms in total. The largest absolute Gasteiger partial charge is 0.504 e. The molecule has 0 aliphatic carbocycles. The molecule has 0 spiro atoms. The number of amides is 2. The number of rotatable bonds is 1. The predicted molar refractivity (Wildman–Crippen MR) is 76.6 cm³/mol. The SMILES string of the molecule is O=C1NC(=O)c2ccccc2C1=Cc1ccc(O)c(O)c1. The lowest BCUT2D eigenvalue weighted by molar-refractivity contribution is -0.114. The van der Waals surface area contributed by atoms with Gasteiger partial charge >= 0.3 is 0 Å². The standard InChI is InChI=1S/C16H11NO4/c18-13-6-5-9(8-14(13)19)7-12-10-3-1-2-4-11(10)15(20)17-16(12)21/h1-8,18-19H,(H,17,20,21). The van der Waals surface area contributed by atoms with Crippen molar-refractivity contribution in [1.29, 1.82) is 0 Å². The second-order valence-electron chi connectivity index (χ2n) is 4.63. The van der Waals surface area contributed by atoms with Gasteiger partial charge in [0.25, 0.3) is 11.8 Å². The number of phenols is 2. The van der Waals surface area contributed by atoms with Crippen LogP contribution >= 0.6 is 0 Å². The van der Waals surface area contributed by atoms with Gasteiger partial charge in [0.05, 0.1) is 0 Å². The monoisotopic (exact) mass is 281 g/mol. The van der Waals surface area contributed by atoms with Crippen LogP contribution in [-0.4, -0.2) is 22.0 Å². The van der Waals surface area contributed by atoms with Gasteiger partial charge in [-0.05, 0) is 35.4 Å². The van der Waals surface area contributed by atoms with Crippen LogP contribution in [0.5, 0.6) is 11.5 Å².